The zero-order valence-corrected chi connectivity index (χ0v) is 20.1. The monoisotopic (exact) mass is 505 g/mol. The lowest BCUT2D eigenvalue weighted by Gasteiger charge is -2.27. The Kier molecular flexibility index (Phi) is 7.81. The Morgan fingerprint density at radius 2 is 1.82 bits per heavy atom. The molecule has 1 aliphatic heterocycles. The van der Waals surface area contributed by atoms with E-state index in [0.29, 0.717) is 19.3 Å². The number of carbonyl (C=O) groups is 2. The fourth-order valence-electron chi connectivity index (χ4n) is 4.73. The van der Waals surface area contributed by atoms with Crippen molar-refractivity contribution in [2.75, 3.05) is 20.2 Å². The minimum atomic E-state index is -4.55. The average Bonchev–Trinajstić information content (AvgIpc) is 3.38. The molecule has 2 amide bonds. The number of halogens is 3. The van der Waals surface area contributed by atoms with Gasteiger partial charge in [-0.3, -0.25) is 4.79 Å². The minimum Gasteiger partial charge on any atom is -0.453 e. The van der Waals surface area contributed by atoms with Crippen molar-refractivity contribution >= 4 is 22.0 Å². The molecule has 0 radical (unpaired) electrons. The van der Waals surface area contributed by atoms with Crippen LogP contribution in [0.1, 0.15) is 38.7 Å². The predicted molar refractivity (Wildman–Crippen MR) is 117 cm³/mol. The lowest BCUT2D eigenvalue weighted by molar-refractivity contribution is -0.137. The van der Waals surface area contributed by atoms with Gasteiger partial charge in [-0.15, -0.1) is 0 Å². The first-order valence-electron chi connectivity index (χ1n) is 11.2. The number of sulfonamides is 1. The quantitative estimate of drug-likeness (QED) is 0.593. The molecule has 0 spiro atoms. The zero-order valence-electron chi connectivity index (χ0n) is 19.3. The summed E-state index contributed by atoms with van der Waals surface area (Å²) in [7, 11) is -2.75. The van der Waals surface area contributed by atoms with Crippen LogP contribution in [0.15, 0.2) is 29.2 Å². The fourth-order valence-corrected chi connectivity index (χ4v) is 6.26. The van der Waals surface area contributed by atoms with Crippen LogP contribution in [-0.4, -0.2) is 57.0 Å². The molecule has 1 aromatic carbocycles. The van der Waals surface area contributed by atoms with Gasteiger partial charge in [-0.25, -0.2) is 13.2 Å². The Balaban J connectivity index is 1.69. The molecule has 1 heterocycles. The van der Waals surface area contributed by atoms with E-state index in [2.05, 4.69) is 15.4 Å². The van der Waals surface area contributed by atoms with Crippen molar-refractivity contribution in [2.45, 2.75) is 56.3 Å². The van der Waals surface area contributed by atoms with E-state index in [0.717, 1.165) is 24.3 Å². The lowest BCUT2D eigenvalue weighted by Crippen LogP contribution is -2.53. The molecule has 0 bridgehead atoms. The molecule has 34 heavy (non-hydrogen) atoms. The summed E-state index contributed by atoms with van der Waals surface area (Å²) in [6.45, 7) is 4.15. The Bertz CT molecular complexity index is 1000. The maximum Gasteiger partial charge on any atom is 0.416 e. The van der Waals surface area contributed by atoms with E-state index in [4.69, 9.17) is 0 Å². The highest BCUT2D eigenvalue weighted by molar-refractivity contribution is 7.89. The van der Waals surface area contributed by atoms with Gasteiger partial charge in [0.1, 0.15) is 6.04 Å². The van der Waals surface area contributed by atoms with Crippen molar-refractivity contribution < 1.29 is 35.9 Å². The highest BCUT2D eigenvalue weighted by atomic mass is 32.2. The molecule has 8 nitrogen and oxygen atoms in total. The first-order chi connectivity index (χ1) is 15.9. The normalized spacial score (nSPS) is 24.8. The Morgan fingerprint density at radius 1 is 1.18 bits per heavy atom. The molecule has 12 heteroatoms. The van der Waals surface area contributed by atoms with Gasteiger partial charge in [0.05, 0.1) is 17.6 Å². The zero-order chi connectivity index (χ0) is 25.3. The average molecular weight is 506 g/mol. The first-order valence-corrected chi connectivity index (χ1v) is 12.6. The molecule has 1 aliphatic carbocycles. The number of amides is 2. The Hall–Kier alpha value is -2.34. The number of hydrogen-bond acceptors (Lipinski definition) is 5. The van der Waals surface area contributed by atoms with Gasteiger partial charge in [-0.2, -0.15) is 17.5 Å². The number of nitrogens with one attached hydrogen (secondary N) is 2. The van der Waals surface area contributed by atoms with E-state index in [1.54, 1.807) is 0 Å². The van der Waals surface area contributed by atoms with E-state index in [1.165, 1.54) is 11.4 Å². The van der Waals surface area contributed by atoms with Crippen LogP contribution in [0.4, 0.5) is 18.0 Å². The number of methoxy groups -OCH3 is 1. The standard InChI is InChI=1S/C22H30F3N3O5S/c1-4-13(2)19(27-21(30)33-3)20(29)26-18-10-5-14-11-28(12-17(14)18)34(31,32)16-8-6-15(7-9-16)22(23,24)25/h6-9,13-14,17-19H,4-5,10-12H2,1-3H3,(H,26,29)(H,27,30)/t13-,14+,17-,18-,19-/m0/s1. The Morgan fingerprint density at radius 3 is 2.38 bits per heavy atom. The highest BCUT2D eigenvalue weighted by Crippen LogP contribution is 2.40. The number of hydrogen-bond donors (Lipinski definition) is 2. The van der Waals surface area contributed by atoms with Crippen LogP contribution in [0.3, 0.4) is 0 Å². The number of fused-ring (bicyclic) bond motifs is 1. The molecule has 2 fully saturated rings. The summed E-state index contributed by atoms with van der Waals surface area (Å²) in [4.78, 5) is 24.4. The largest absolute Gasteiger partial charge is 0.453 e. The third-order valence-electron chi connectivity index (χ3n) is 6.92. The second-order valence-corrected chi connectivity index (χ2v) is 10.9. The smallest absolute Gasteiger partial charge is 0.416 e. The number of alkyl halides is 3. The second kappa shape index (κ2) is 10.1. The van der Waals surface area contributed by atoms with Crippen molar-refractivity contribution in [3.05, 3.63) is 29.8 Å². The summed E-state index contributed by atoms with van der Waals surface area (Å²) < 4.78 is 70.4. The molecule has 0 unspecified atom stereocenters. The number of rotatable bonds is 7. The molecule has 0 aromatic heterocycles. The number of ether oxygens (including phenoxy) is 1. The van der Waals surface area contributed by atoms with Gasteiger partial charge in [0.25, 0.3) is 0 Å². The summed E-state index contributed by atoms with van der Waals surface area (Å²) in [5.41, 5.74) is -0.913. The SMILES string of the molecule is CC[C@H](C)[C@H](NC(=O)OC)C(=O)N[C@H]1CC[C@@H]2CN(S(=O)(=O)c3ccc(C(F)(F)F)cc3)C[C@@H]21. The molecule has 2 aliphatic rings. The van der Waals surface area contributed by atoms with Crippen LogP contribution in [0.2, 0.25) is 0 Å². The van der Waals surface area contributed by atoms with Gasteiger partial charge in [-0.1, -0.05) is 20.3 Å². The van der Waals surface area contributed by atoms with Crippen LogP contribution in [0.25, 0.3) is 0 Å². The second-order valence-electron chi connectivity index (χ2n) is 8.96. The van der Waals surface area contributed by atoms with Crippen molar-refractivity contribution in [2.24, 2.45) is 17.8 Å². The molecular formula is C22H30F3N3O5S. The molecule has 190 valence electrons. The van der Waals surface area contributed by atoms with E-state index in [9.17, 15) is 31.2 Å². The highest BCUT2D eigenvalue weighted by Gasteiger charge is 2.47. The maximum absolute atomic E-state index is 13.0. The number of alkyl carbamates (subject to hydrolysis) is 1. The topological polar surface area (TPSA) is 105 Å². The summed E-state index contributed by atoms with van der Waals surface area (Å²) in [6.07, 6.45) is -3.21. The third-order valence-corrected chi connectivity index (χ3v) is 8.77. The first kappa shape index (κ1) is 26.3. The molecule has 2 N–H and O–H groups in total. The molecule has 1 aromatic rings. The van der Waals surface area contributed by atoms with Crippen molar-refractivity contribution in [3.63, 3.8) is 0 Å². The lowest BCUT2D eigenvalue weighted by atomic mass is 9.95. The van der Waals surface area contributed by atoms with Gasteiger partial charge in [-0.05, 0) is 54.9 Å². The van der Waals surface area contributed by atoms with Crippen LogP contribution in [-0.2, 0) is 25.7 Å². The van der Waals surface area contributed by atoms with Gasteiger partial charge < -0.3 is 15.4 Å². The van der Waals surface area contributed by atoms with Crippen LogP contribution in [0.5, 0.6) is 0 Å². The molecule has 1 saturated carbocycles. The molecular weight excluding hydrogens is 475 g/mol. The van der Waals surface area contributed by atoms with Crippen LogP contribution >= 0.6 is 0 Å². The molecule has 3 rings (SSSR count). The van der Waals surface area contributed by atoms with Crippen molar-refractivity contribution in [1.29, 1.82) is 0 Å². The summed E-state index contributed by atoms with van der Waals surface area (Å²) in [5.74, 6) is -0.583. The van der Waals surface area contributed by atoms with Crippen molar-refractivity contribution in [3.8, 4) is 0 Å². The minimum absolute atomic E-state index is 0.0325. The summed E-state index contributed by atoms with van der Waals surface area (Å²) >= 11 is 0. The van der Waals surface area contributed by atoms with Gasteiger partial charge >= 0.3 is 12.3 Å². The van der Waals surface area contributed by atoms with Gasteiger partial charge in [0, 0.05) is 19.1 Å². The summed E-state index contributed by atoms with van der Waals surface area (Å²) in [6, 6.07) is 2.41. The van der Waals surface area contributed by atoms with E-state index in [-0.39, 0.29) is 47.7 Å². The van der Waals surface area contributed by atoms with E-state index >= 15 is 0 Å². The fraction of sp³-hybridized carbons (Fsp3) is 0.636. The van der Waals surface area contributed by atoms with Crippen LogP contribution in [0, 0.1) is 17.8 Å². The molecule has 5 atom stereocenters. The van der Waals surface area contributed by atoms with Crippen LogP contribution < -0.4 is 10.6 Å². The van der Waals surface area contributed by atoms with Crippen molar-refractivity contribution in [1.82, 2.24) is 14.9 Å². The van der Waals surface area contributed by atoms with Gasteiger partial charge in [0.2, 0.25) is 15.9 Å². The van der Waals surface area contributed by atoms with Gasteiger partial charge in [0.15, 0.2) is 0 Å². The number of nitrogens with zero attached hydrogens (tertiary/aromatic N) is 1. The Labute approximate surface area is 197 Å². The van der Waals surface area contributed by atoms with E-state index in [1.807, 2.05) is 13.8 Å². The number of benzene rings is 1. The third kappa shape index (κ3) is 5.48. The summed E-state index contributed by atoms with van der Waals surface area (Å²) in [5, 5.41) is 5.54. The maximum atomic E-state index is 13.0. The van der Waals surface area contributed by atoms with E-state index < -0.39 is 33.9 Å². The molecule has 1 saturated heterocycles. The number of carbonyl (C=O) groups excluding carboxylic acids is 2. The predicted octanol–water partition coefficient (Wildman–Crippen LogP) is 2.99.